The van der Waals surface area contributed by atoms with Crippen molar-refractivity contribution in [3.8, 4) is 0 Å². The van der Waals surface area contributed by atoms with Crippen molar-refractivity contribution in [3.05, 3.63) is 77.4 Å². The number of carbonyl (C=O) groups excluding carboxylic acids is 3. The Morgan fingerprint density at radius 3 is 2.30 bits per heavy atom. The van der Waals surface area contributed by atoms with Crippen LogP contribution in [0.3, 0.4) is 0 Å². The highest BCUT2D eigenvalue weighted by Crippen LogP contribution is 2.08. The largest absolute Gasteiger partial charge is 0.465 e. The number of ether oxygens (including phenoxy) is 2. The summed E-state index contributed by atoms with van der Waals surface area (Å²) >= 11 is 0. The van der Waals surface area contributed by atoms with Crippen LogP contribution < -0.4 is 0 Å². The molecule has 0 atom stereocenters. The van der Waals surface area contributed by atoms with E-state index in [-0.39, 0.29) is 12.5 Å². The van der Waals surface area contributed by atoms with Gasteiger partial charge in [0.15, 0.2) is 6.61 Å². The first kappa shape index (κ1) is 19.9. The molecule has 1 amide bonds. The van der Waals surface area contributed by atoms with Crippen molar-refractivity contribution in [2.45, 2.75) is 6.54 Å². The summed E-state index contributed by atoms with van der Waals surface area (Å²) in [6.45, 7) is 0.118. The molecule has 0 radical (unpaired) electrons. The van der Waals surface area contributed by atoms with Gasteiger partial charge >= 0.3 is 11.9 Å². The number of benzene rings is 2. The zero-order valence-electron chi connectivity index (χ0n) is 15.3. The van der Waals surface area contributed by atoms with Gasteiger partial charge in [0, 0.05) is 19.7 Å². The first-order valence-corrected chi connectivity index (χ1v) is 8.30. The molecule has 0 saturated heterocycles. The fourth-order valence-electron chi connectivity index (χ4n) is 2.25. The summed E-state index contributed by atoms with van der Waals surface area (Å²) in [4.78, 5) is 36.7. The Morgan fingerprint density at radius 2 is 1.67 bits per heavy atom. The Labute approximate surface area is 158 Å². The lowest BCUT2D eigenvalue weighted by atomic mass is 10.1. The summed E-state index contributed by atoms with van der Waals surface area (Å²) in [5, 5.41) is 0. The van der Waals surface area contributed by atoms with E-state index in [2.05, 4.69) is 4.74 Å². The molecule has 0 unspecified atom stereocenters. The van der Waals surface area contributed by atoms with Crippen molar-refractivity contribution in [3.63, 3.8) is 0 Å². The predicted molar refractivity (Wildman–Crippen MR) is 101 cm³/mol. The van der Waals surface area contributed by atoms with Gasteiger partial charge in [0.2, 0.25) is 0 Å². The van der Waals surface area contributed by atoms with Crippen LogP contribution in [-0.2, 0) is 25.6 Å². The van der Waals surface area contributed by atoms with Gasteiger partial charge in [0.1, 0.15) is 0 Å². The van der Waals surface area contributed by atoms with Gasteiger partial charge in [-0.3, -0.25) is 4.79 Å². The van der Waals surface area contributed by atoms with Crippen molar-refractivity contribution in [1.29, 1.82) is 0 Å². The molecule has 0 N–H and O–H groups in total. The van der Waals surface area contributed by atoms with Crippen LogP contribution in [0.1, 0.15) is 21.5 Å². The molecule has 0 aliphatic rings. The van der Waals surface area contributed by atoms with Gasteiger partial charge in [0.05, 0.1) is 12.7 Å². The molecule has 6 heteroatoms. The number of hydrogen-bond acceptors (Lipinski definition) is 5. The van der Waals surface area contributed by atoms with Crippen LogP contribution in [0.5, 0.6) is 0 Å². The van der Waals surface area contributed by atoms with Gasteiger partial charge in [-0.25, -0.2) is 9.59 Å². The van der Waals surface area contributed by atoms with Crippen molar-refractivity contribution in [2.75, 3.05) is 20.8 Å². The molecule has 140 valence electrons. The van der Waals surface area contributed by atoms with Gasteiger partial charge in [-0.1, -0.05) is 42.5 Å². The monoisotopic (exact) mass is 367 g/mol. The Balaban J connectivity index is 1.80. The van der Waals surface area contributed by atoms with Gasteiger partial charge in [-0.15, -0.1) is 0 Å². The Kier molecular flexibility index (Phi) is 7.31. The van der Waals surface area contributed by atoms with Crippen LogP contribution in [0.4, 0.5) is 0 Å². The standard InChI is InChI=1S/C21H21NO5/c1-22(14-17-6-4-3-5-7-17)19(23)15-27-20(24)13-10-16-8-11-18(12-9-16)21(25)26-2/h3-13H,14-15H2,1-2H3/b13-10+. The minimum absolute atomic E-state index is 0.289. The first-order valence-electron chi connectivity index (χ1n) is 8.30. The summed E-state index contributed by atoms with van der Waals surface area (Å²) in [6.07, 6.45) is 2.78. The fraction of sp³-hybridized carbons (Fsp3) is 0.190. The number of esters is 2. The summed E-state index contributed by atoms with van der Waals surface area (Å²) in [6, 6.07) is 16.1. The molecular weight excluding hydrogens is 346 g/mol. The van der Waals surface area contributed by atoms with E-state index in [1.54, 1.807) is 37.4 Å². The van der Waals surface area contributed by atoms with Crippen molar-refractivity contribution in [1.82, 2.24) is 4.90 Å². The highest BCUT2D eigenvalue weighted by molar-refractivity contribution is 5.91. The maximum atomic E-state index is 12.0. The van der Waals surface area contributed by atoms with E-state index < -0.39 is 11.9 Å². The van der Waals surface area contributed by atoms with Crippen molar-refractivity contribution < 1.29 is 23.9 Å². The molecule has 0 spiro atoms. The highest BCUT2D eigenvalue weighted by atomic mass is 16.5. The van der Waals surface area contributed by atoms with Gasteiger partial charge in [-0.2, -0.15) is 0 Å². The van der Waals surface area contributed by atoms with Crippen LogP contribution in [0.15, 0.2) is 60.7 Å². The van der Waals surface area contributed by atoms with Crippen molar-refractivity contribution in [2.24, 2.45) is 0 Å². The molecule has 0 aromatic heterocycles. The third-order valence-corrected chi connectivity index (χ3v) is 3.77. The summed E-state index contributed by atoms with van der Waals surface area (Å²) in [5.74, 6) is -1.33. The Morgan fingerprint density at radius 1 is 1.00 bits per heavy atom. The number of carbonyl (C=O) groups is 3. The number of amides is 1. The highest BCUT2D eigenvalue weighted by Gasteiger charge is 2.11. The minimum Gasteiger partial charge on any atom is -0.465 e. The normalized spacial score (nSPS) is 10.4. The van der Waals surface area contributed by atoms with E-state index in [1.807, 2.05) is 30.3 Å². The number of hydrogen-bond donors (Lipinski definition) is 0. The Bertz CT molecular complexity index is 812. The third-order valence-electron chi connectivity index (χ3n) is 3.77. The number of methoxy groups -OCH3 is 1. The second-order valence-corrected chi connectivity index (χ2v) is 5.79. The first-order chi connectivity index (χ1) is 13.0. The summed E-state index contributed by atoms with van der Waals surface area (Å²) in [5.41, 5.74) is 2.13. The molecule has 0 heterocycles. The molecule has 6 nitrogen and oxygen atoms in total. The van der Waals surface area contributed by atoms with E-state index >= 15 is 0 Å². The van der Waals surface area contributed by atoms with Gasteiger partial charge < -0.3 is 14.4 Å². The van der Waals surface area contributed by atoms with Crippen LogP contribution in [0, 0.1) is 0 Å². The minimum atomic E-state index is -0.617. The smallest absolute Gasteiger partial charge is 0.337 e. The van der Waals surface area contributed by atoms with E-state index in [1.165, 1.54) is 18.1 Å². The van der Waals surface area contributed by atoms with Crippen LogP contribution in [-0.4, -0.2) is 43.5 Å². The molecule has 2 aromatic carbocycles. The third kappa shape index (κ3) is 6.43. The zero-order valence-corrected chi connectivity index (χ0v) is 15.3. The molecule has 0 fully saturated rings. The van der Waals surface area contributed by atoms with Crippen LogP contribution in [0.25, 0.3) is 6.08 Å². The quantitative estimate of drug-likeness (QED) is 0.556. The maximum absolute atomic E-state index is 12.0. The topological polar surface area (TPSA) is 72.9 Å². The van der Waals surface area contributed by atoms with Crippen LogP contribution in [0.2, 0.25) is 0 Å². The van der Waals surface area contributed by atoms with Gasteiger partial charge in [-0.05, 0) is 29.3 Å². The number of likely N-dealkylation sites (N-methyl/N-ethyl adjacent to an activating group) is 1. The predicted octanol–water partition coefficient (Wildman–Crippen LogP) is 2.69. The van der Waals surface area contributed by atoms with E-state index in [0.717, 1.165) is 5.56 Å². The van der Waals surface area contributed by atoms with Crippen LogP contribution >= 0.6 is 0 Å². The lowest BCUT2D eigenvalue weighted by Crippen LogP contribution is -2.30. The second-order valence-electron chi connectivity index (χ2n) is 5.79. The second kappa shape index (κ2) is 9.91. The molecule has 27 heavy (non-hydrogen) atoms. The molecule has 2 rings (SSSR count). The number of nitrogens with zero attached hydrogens (tertiary/aromatic N) is 1. The Hall–Kier alpha value is -3.41. The molecule has 2 aromatic rings. The molecular formula is C21H21NO5. The fourth-order valence-corrected chi connectivity index (χ4v) is 2.25. The molecule has 0 bridgehead atoms. The van der Waals surface area contributed by atoms with E-state index in [4.69, 9.17) is 4.74 Å². The average molecular weight is 367 g/mol. The molecule has 0 aliphatic heterocycles. The van der Waals surface area contributed by atoms with Crippen molar-refractivity contribution >= 4 is 23.9 Å². The summed E-state index contributed by atoms with van der Waals surface area (Å²) < 4.78 is 9.59. The SMILES string of the molecule is COC(=O)c1ccc(/C=C/C(=O)OCC(=O)N(C)Cc2ccccc2)cc1. The van der Waals surface area contributed by atoms with Gasteiger partial charge in [0.25, 0.3) is 5.91 Å². The number of rotatable bonds is 7. The molecule has 0 aliphatic carbocycles. The summed E-state index contributed by atoms with van der Waals surface area (Å²) in [7, 11) is 2.96. The lowest BCUT2D eigenvalue weighted by molar-refractivity contribution is -0.147. The van der Waals surface area contributed by atoms with E-state index in [0.29, 0.717) is 17.7 Å². The maximum Gasteiger partial charge on any atom is 0.337 e. The average Bonchev–Trinajstić information content (AvgIpc) is 2.70. The zero-order chi connectivity index (χ0) is 19.6. The van der Waals surface area contributed by atoms with E-state index in [9.17, 15) is 14.4 Å². The lowest BCUT2D eigenvalue weighted by Gasteiger charge is -2.16. The molecule has 0 saturated carbocycles.